The van der Waals surface area contributed by atoms with Gasteiger partial charge < -0.3 is 4.74 Å². The quantitative estimate of drug-likeness (QED) is 0.516. The van der Waals surface area contributed by atoms with Crippen molar-refractivity contribution < 1.29 is 9.13 Å². The predicted octanol–water partition coefficient (Wildman–Crippen LogP) is 2.47. The molecule has 0 bridgehead atoms. The van der Waals surface area contributed by atoms with E-state index in [0.717, 1.165) is 16.9 Å². The molecule has 0 N–H and O–H groups in total. The highest BCUT2D eigenvalue weighted by molar-refractivity contribution is 5.27. The van der Waals surface area contributed by atoms with Gasteiger partial charge in [-0.3, -0.25) is 4.68 Å². The van der Waals surface area contributed by atoms with Crippen LogP contribution >= 0.6 is 0 Å². The summed E-state index contributed by atoms with van der Waals surface area (Å²) in [6.45, 7) is 0.834. The Morgan fingerprint density at radius 2 is 1.64 bits per heavy atom. The minimum absolute atomic E-state index is 0.263. The Morgan fingerprint density at radius 1 is 0.964 bits per heavy atom. The third-order valence-electron chi connectivity index (χ3n) is 4.36. The largest absolute Gasteiger partial charge is 0.497 e. The Kier molecular flexibility index (Phi) is 4.76. The van der Waals surface area contributed by atoms with Crippen molar-refractivity contribution in [3.8, 4) is 11.6 Å². The number of rotatable bonds is 6. The third-order valence-corrected chi connectivity index (χ3v) is 4.36. The maximum atomic E-state index is 13.0. The number of benzene rings is 2. The second-order valence-corrected chi connectivity index (χ2v) is 6.29. The van der Waals surface area contributed by atoms with Crippen LogP contribution in [0, 0.1) is 5.82 Å². The lowest BCUT2D eigenvalue weighted by Gasteiger charge is -2.04. The number of ether oxygens (including phenoxy) is 1. The average molecular weight is 379 g/mol. The second kappa shape index (κ2) is 7.51. The van der Waals surface area contributed by atoms with E-state index in [9.17, 15) is 9.18 Å². The van der Waals surface area contributed by atoms with E-state index in [1.54, 1.807) is 30.0 Å². The molecule has 0 saturated carbocycles. The molecule has 142 valence electrons. The van der Waals surface area contributed by atoms with Gasteiger partial charge in [0.1, 0.15) is 17.9 Å². The first-order valence-electron chi connectivity index (χ1n) is 8.68. The molecular formula is C20H18FN5O2. The highest BCUT2D eigenvalue weighted by atomic mass is 19.1. The van der Waals surface area contributed by atoms with Gasteiger partial charge in [-0.1, -0.05) is 24.3 Å². The fraction of sp³-hybridized carbons (Fsp3) is 0.150. The third kappa shape index (κ3) is 3.71. The van der Waals surface area contributed by atoms with Gasteiger partial charge in [0, 0.05) is 12.3 Å². The van der Waals surface area contributed by atoms with Gasteiger partial charge in [-0.2, -0.15) is 10.2 Å². The van der Waals surface area contributed by atoms with Crippen molar-refractivity contribution in [3.05, 3.63) is 94.5 Å². The molecule has 0 atom stereocenters. The number of halogens is 1. The summed E-state index contributed by atoms with van der Waals surface area (Å²) in [6, 6.07) is 15.5. The molecule has 28 heavy (non-hydrogen) atoms. The summed E-state index contributed by atoms with van der Waals surface area (Å²) in [5.41, 5.74) is 1.55. The maximum absolute atomic E-state index is 13.0. The van der Waals surface area contributed by atoms with Crippen LogP contribution in [0.5, 0.6) is 5.75 Å². The number of aromatic nitrogens is 5. The number of methoxy groups -OCH3 is 1. The van der Waals surface area contributed by atoms with Gasteiger partial charge in [-0.05, 0) is 35.4 Å². The van der Waals surface area contributed by atoms with Crippen LogP contribution in [0.15, 0.2) is 71.9 Å². The molecule has 4 aromatic rings. The Balaban J connectivity index is 1.51. The summed E-state index contributed by atoms with van der Waals surface area (Å²) >= 11 is 0. The number of nitrogens with zero attached hydrogens (tertiary/aromatic N) is 5. The first-order valence-corrected chi connectivity index (χ1v) is 8.68. The fourth-order valence-corrected chi connectivity index (χ4v) is 2.85. The minimum Gasteiger partial charge on any atom is -0.497 e. The molecule has 0 unspecified atom stereocenters. The zero-order valence-corrected chi connectivity index (χ0v) is 15.2. The van der Waals surface area contributed by atoms with Gasteiger partial charge in [0.15, 0.2) is 5.82 Å². The van der Waals surface area contributed by atoms with Gasteiger partial charge in [-0.15, -0.1) is 0 Å². The zero-order valence-electron chi connectivity index (χ0n) is 15.2. The molecule has 0 aliphatic carbocycles. The molecule has 0 fully saturated rings. The molecule has 2 aromatic heterocycles. The van der Waals surface area contributed by atoms with Crippen LogP contribution < -0.4 is 10.4 Å². The minimum atomic E-state index is -0.316. The summed E-state index contributed by atoms with van der Waals surface area (Å²) in [7, 11) is 1.63. The summed E-state index contributed by atoms with van der Waals surface area (Å²) in [5, 5.41) is 8.59. The first-order chi connectivity index (χ1) is 13.6. The fourth-order valence-electron chi connectivity index (χ4n) is 2.85. The second-order valence-electron chi connectivity index (χ2n) is 6.29. The van der Waals surface area contributed by atoms with Crippen molar-refractivity contribution in [3.63, 3.8) is 0 Å². The average Bonchev–Trinajstić information content (AvgIpc) is 3.31. The van der Waals surface area contributed by atoms with Crippen LogP contribution in [0.25, 0.3) is 5.82 Å². The van der Waals surface area contributed by atoms with E-state index >= 15 is 0 Å². The van der Waals surface area contributed by atoms with Crippen LogP contribution in [0.1, 0.15) is 11.1 Å². The van der Waals surface area contributed by atoms with E-state index in [-0.39, 0.29) is 18.1 Å². The highest BCUT2D eigenvalue weighted by Gasteiger charge is 2.10. The summed E-state index contributed by atoms with van der Waals surface area (Å²) < 4.78 is 22.6. The number of hydrogen-bond acceptors (Lipinski definition) is 4. The lowest BCUT2D eigenvalue weighted by molar-refractivity contribution is 0.414. The smallest absolute Gasteiger partial charge is 0.351 e. The lowest BCUT2D eigenvalue weighted by Crippen LogP contribution is -2.24. The molecule has 2 heterocycles. The van der Waals surface area contributed by atoms with Crippen LogP contribution in [0.2, 0.25) is 0 Å². The molecule has 0 aliphatic heterocycles. The SMILES string of the molecule is COc1ccc(Cn2ccc(-n3cnn(Cc4ccc(F)cc4)c3=O)n2)cc1. The molecule has 2 aromatic carbocycles. The van der Waals surface area contributed by atoms with Crippen LogP contribution in [-0.4, -0.2) is 31.2 Å². The standard InChI is InChI=1S/C20H18FN5O2/c1-28-18-8-4-15(5-9-18)12-24-11-10-19(23-24)25-14-22-26(20(25)27)13-16-2-6-17(21)7-3-16/h2-11,14H,12-13H2,1H3. The molecule has 0 spiro atoms. The van der Waals surface area contributed by atoms with E-state index in [1.807, 2.05) is 30.5 Å². The molecule has 0 radical (unpaired) electrons. The highest BCUT2D eigenvalue weighted by Crippen LogP contribution is 2.12. The van der Waals surface area contributed by atoms with Crippen molar-refractivity contribution in [2.24, 2.45) is 0 Å². The van der Waals surface area contributed by atoms with Gasteiger partial charge in [0.05, 0.1) is 20.2 Å². The maximum Gasteiger partial charge on any atom is 0.351 e. The normalized spacial score (nSPS) is 10.9. The summed E-state index contributed by atoms with van der Waals surface area (Å²) in [6.07, 6.45) is 3.25. The van der Waals surface area contributed by atoms with Crippen LogP contribution in [0.3, 0.4) is 0 Å². The summed E-state index contributed by atoms with van der Waals surface area (Å²) in [5.74, 6) is 0.970. The molecular weight excluding hydrogens is 361 g/mol. The Bertz CT molecular complexity index is 1130. The first kappa shape index (κ1) is 17.7. The van der Waals surface area contributed by atoms with Crippen molar-refractivity contribution >= 4 is 0 Å². The van der Waals surface area contributed by atoms with E-state index in [2.05, 4.69) is 10.2 Å². The van der Waals surface area contributed by atoms with E-state index in [1.165, 1.54) is 27.7 Å². The van der Waals surface area contributed by atoms with Gasteiger partial charge >= 0.3 is 5.69 Å². The van der Waals surface area contributed by atoms with Crippen molar-refractivity contribution in [2.75, 3.05) is 7.11 Å². The predicted molar refractivity (Wildman–Crippen MR) is 101 cm³/mol. The zero-order chi connectivity index (χ0) is 19.5. The Labute approximate surface area is 160 Å². The topological polar surface area (TPSA) is 66.9 Å². The summed E-state index contributed by atoms with van der Waals surface area (Å²) in [4.78, 5) is 12.6. The number of hydrogen-bond donors (Lipinski definition) is 0. The van der Waals surface area contributed by atoms with Crippen molar-refractivity contribution in [2.45, 2.75) is 13.1 Å². The molecule has 0 saturated heterocycles. The van der Waals surface area contributed by atoms with E-state index < -0.39 is 0 Å². The van der Waals surface area contributed by atoms with Crippen LogP contribution in [0.4, 0.5) is 4.39 Å². The van der Waals surface area contributed by atoms with Crippen LogP contribution in [-0.2, 0) is 13.1 Å². The lowest BCUT2D eigenvalue weighted by atomic mass is 10.2. The van der Waals surface area contributed by atoms with Crippen molar-refractivity contribution in [1.82, 2.24) is 24.1 Å². The van der Waals surface area contributed by atoms with Gasteiger partial charge in [0.2, 0.25) is 0 Å². The van der Waals surface area contributed by atoms with Gasteiger partial charge in [0.25, 0.3) is 0 Å². The van der Waals surface area contributed by atoms with E-state index in [0.29, 0.717) is 12.4 Å². The molecule has 4 rings (SSSR count). The molecule has 0 amide bonds. The Morgan fingerprint density at radius 3 is 2.36 bits per heavy atom. The monoisotopic (exact) mass is 379 g/mol. The van der Waals surface area contributed by atoms with Crippen molar-refractivity contribution in [1.29, 1.82) is 0 Å². The van der Waals surface area contributed by atoms with E-state index in [4.69, 9.17) is 4.74 Å². The van der Waals surface area contributed by atoms with Gasteiger partial charge in [-0.25, -0.2) is 18.4 Å². The molecule has 0 aliphatic rings. The molecule has 8 heteroatoms. The molecule has 7 nitrogen and oxygen atoms in total. The Hall–Kier alpha value is -3.68.